The molecular formula is C19H31N. The molecule has 0 amide bonds. The third kappa shape index (κ3) is 4.63. The molecule has 1 N–H and O–H groups in total. The minimum absolute atomic E-state index is 0.712. The van der Waals surface area contributed by atoms with Crippen molar-refractivity contribution in [2.24, 2.45) is 17.8 Å². The van der Waals surface area contributed by atoms with Gasteiger partial charge in [0.25, 0.3) is 0 Å². The van der Waals surface area contributed by atoms with E-state index < -0.39 is 0 Å². The molecule has 0 aliphatic heterocycles. The summed E-state index contributed by atoms with van der Waals surface area (Å²) in [5.41, 5.74) is 1.48. The molecule has 3 unspecified atom stereocenters. The second-order valence-corrected chi connectivity index (χ2v) is 6.95. The van der Waals surface area contributed by atoms with Crippen LogP contribution in [0.3, 0.4) is 0 Å². The minimum atomic E-state index is 0.712. The van der Waals surface area contributed by atoms with E-state index in [4.69, 9.17) is 0 Å². The molecule has 1 fully saturated rings. The molecule has 0 heterocycles. The highest BCUT2D eigenvalue weighted by Crippen LogP contribution is 2.35. The molecular weight excluding hydrogens is 242 g/mol. The van der Waals surface area contributed by atoms with Crippen LogP contribution in [0.4, 0.5) is 0 Å². The van der Waals surface area contributed by atoms with Gasteiger partial charge in [-0.05, 0) is 68.9 Å². The van der Waals surface area contributed by atoms with Gasteiger partial charge in [0.15, 0.2) is 0 Å². The van der Waals surface area contributed by atoms with Crippen molar-refractivity contribution in [3.05, 3.63) is 35.9 Å². The first kappa shape index (κ1) is 15.6. The number of benzene rings is 1. The van der Waals surface area contributed by atoms with E-state index in [0.29, 0.717) is 6.04 Å². The Bertz CT molecular complexity index is 363. The van der Waals surface area contributed by atoms with Crippen LogP contribution >= 0.6 is 0 Å². The summed E-state index contributed by atoms with van der Waals surface area (Å²) in [5, 5.41) is 3.60. The van der Waals surface area contributed by atoms with Gasteiger partial charge in [-0.2, -0.15) is 0 Å². The molecule has 1 aromatic carbocycles. The summed E-state index contributed by atoms with van der Waals surface area (Å²) < 4.78 is 0. The molecule has 1 aromatic rings. The van der Waals surface area contributed by atoms with Crippen LogP contribution in [-0.4, -0.2) is 13.1 Å². The standard InChI is InChI=1S/C19H31N/c1-15-12-16(2)14-18(13-15)19(20-3)11-7-10-17-8-5-4-6-9-17/h4-6,8-9,15-16,18-20H,7,10-14H2,1-3H3. The van der Waals surface area contributed by atoms with Crippen molar-refractivity contribution in [3.8, 4) is 0 Å². The van der Waals surface area contributed by atoms with E-state index in [1.54, 1.807) is 0 Å². The minimum Gasteiger partial charge on any atom is -0.317 e. The monoisotopic (exact) mass is 273 g/mol. The van der Waals surface area contributed by atoms with Crippen LogP contribution in [0.25, 0.3) is 0 Å². The lowest BCUT2D eigenvalue weighted by Crippen LogP contribution is -2.37. The third-order valence-electron chi connectivity index (χ3n) is 4.98. The fourth-order valence-corrected chi connectivity index (χ4v) is 4.12. The number of hydrogen-bond acceptors (Lipinski definition) is 1. The molecule has 1 aliphatic rings. The Morgan fingerprint density at radius 3 is 2.30 bits per heavy atom. The first-order valence-electron chi connectivity index (χ1n) is 8.40. The number of aryl methyl sites for hydroxylation is 1. The average molecular weight is 273 g/mol. The summed E-state index contributed by atoms with van der Waals surface area (Å²) in [6.07, 6.45) is 8.10. The van der Waals surface area contributed by atoms with Crippen molar-refractivity contribution in [2.75, 3.05) is 7.05 Å². The van der Waals surface area contributed by atoms with Gasteiger partial charge in [-0.3, -0.25) is 0 Å². The maximum absolute atomic E-state index is 3.60. The highest BCUT2D eigenvalue weighted by atomic mass is 14.9. The molecule has 0 saturated heterocycles. The summed E-state index contributed by atoms with van der Waals surface area (Å²) in [6.45, 7) is 4.86. The molecule has 20 heavy (non-hydrogen) atoms. The second-order valence-electron chi connectivity index (χ2n) is 6.95. The summed E-state index contributed by atoms with van der Waals surface area (Å²) in [5.74, 6) is 2.71. The van der Waals surface area contributed by atoms with Gasteiger partial charge in [-0.1, -0.05) is 44.2 Å². The van der Waals surface area contributed by atoms with Crippen LogP contribution in [-0.2, 0) is 6.42 Å². The van der Waals surface area contributed by atoms with Crippen molar-refractivity contribution >= 4 is 0 Å². The third-order valence-corrected chi connectivity index (χ3v) is 4.98. The summed E-state index contributed by atoms with van der Waals surface area (Å²) in [6, 6.07) is 11.6. The Kier molecular flexibility index (Phi) is 6.09. The van der Waals surface area contributed by atoms with E-state index in [-0.39, 0.29) is 0 Å². The van der Waals surface area contributed by atoms with E-state index in [1.165, 1.54) is 44.1 Å². The van der Waals surface area contributed by atoms with Gasteiger partial charge in [0.1, 0.15) is 0 Å². The molecule has 112 valence electrons. The van der Waals surface area contributed by atoms with Crippen LogP contribution in [0.2, 0.25) is 0 Å². The molecule has 3 atom stereocenters. The molecule has 1 nitrogen and oxygen atoms in total. The summed E-state index contributed by atoms with van der Waals surface area (Å²) in [7, 11) is 2.15. The molecule has 2 rings (SSSR count). The SMILES string of the molecule is CNC(CCCc1ccccc1)C1CC(C)CC(C)C1. The van der Waals surface area contributed by atoms with Gasteiger partial charge in [-0.25, -0.2) is 0 Å². The molecule has 1 aliphatic carbocycles. The largest absolute Gasteiger partial charge is 0.317 e. The lowest BCUT2D eigenvalue weighted by Gasteiger charge is -2.36. The number of nitrogens with one attached hydrogen (secondary N) is 1. The molecule has 0 radical (unpaired) electrons. The van der Waals surface area contributed by atoms with E-state index in [1.807, 2.05) is 0 Å². The highest BCUT2D eigenvalue weighted by Gasteiger charge is 2.28. The van der Waals surface area contributed by atoms with Crippen molar-refractivity contribution in [1.82, 2.24) is 5.32 Å². The fourth-order valence-electron chi connectivity index (χ4n) is 4.12. The van der Waals surface area contributed by atoms with Crippen molar-refractivity contribution in [1.29, 1.82) is 0 Å². The van der Waals surface area contributed by atoms with E-state index in [2.05, 4.69) is 56.5 Å². The van der Waals surface area contributed by atoms with Crippen molar-refractivity contribution in [3.63, 3.8) is 0 Å². The van der Waals surface area contributed by atoms with Crippen LogP contribution in [0.1, 0.15) is 51.5 Å². The van der Waals surface area contributed by atoms with Crippen LogP contribution in [0.5, 0.6) is 0 Å². The summed E-state index contributed by atoms with van der Waals surface area (Å²) >= 11 is 0. The molecule has 1 heteroatoms. The molecule has 0 spiro atoms. The molecule has 1 saturated carbocycles. The van der Waals surface area contributed by atoms with Gasteiger partial charge in [0, 0.05) is 6.04 Å². The van der Waals surface area contributed by atoms with E-state index >= 15 is 0 Å². The first-order valence-corrected chi connectivity index (χ1v) is 8.40. The topological polar surface area (TPSA) is 12.0 Å². The van der Waals surface area contributed by atoms with E-state index in [0.717, 1.165) is 17.8 Å². The Balaban J connectivity index is 1.80. The lowest BCUT2D eigenvalue weighted by molar-refractivity contribution is 0.174. The maximum atomic E-state index is 3.60. The predicted molar refractivity (Wildman–Crippen MR) is 87.9 cm³/mol. The zero-order valence-electron chi connectivity index (χ0n) is 13.4. The average Bonchev–Trinajstić information content (AvgIpc) is 2.43. The predicted octanol–water partition coefficient (Wildman–Crippen LogP) is 4.67. The zero-order chi connectivity index (χ0) is 14.4. The smallest absolute Gasteiger partial charge is 0.00926 e. The quantitative estimate of drug-likeness (QED) is 0.794. The van der Waals surface area contributed by atoms with Crippen molar-refractivity contribution in [2.45, 2.75) is 58.4 Å². The Labute approximate surface area is 125 Å². The number of hydrogen-bond donors (Lipinski definition) is 1. The van der Waals surface area contributed by atoms with Gasteiger partial charge in [-0.15, -0.1) is 0 Å². The maximum Gasteiger partial charge on any atom is 0.00926 e. The Morgan fingerprint density at radius 1 is 1.05 bits per heavy atom. The Hall–Kier alpha value is -0.820. The number of rotatable bonds is 6. The fraction of sp³-hybridized carbons (Fsp3) is 0.684. The van der Waals surface area contributed by atoms with Crippen LogP contribution in [0.15, 0.2) is 30.3 Å². The molecule has 0 aromatic heterocycles. The van der Waals surface area contributed by atoms with Crippen LogP contribution < -0.4 is 5.32 Å². The van der Waals surface area contributed by atoms with Crippen molar-refractivity contribution < 1.29 is 0 Å². The second kappa shape index (κ2) is 7.83. The normalized spacial score (nSPS) is 28.2. The van der Waals surface area contributed by atoms with E-state index in [9.17, 15) is 0 Å². The molecule has 0 bridgehead atoms. The van der Waals surface area contributed by atoms with Gasteiger partial charge in [0.2, 0.25) is 0 Å². The lowest BCUT2D eigenvalue weighted by atomic mass is 9.73. The Morgan fingerprint density at radius 2 is 1.70 bits per heavy atom. The highest BCUT2D eigenvalue weighted by molar-refractivity contribution is 5.14. The van der Waals surface area contributed by atoms with Gasteiger partial charge in [0.05, 0.1) is 0 Å². The van der Waals surface area contributed by atoms with Crippen LogP contribution in [0, 0.1) is 17.8 Å². The zero-order valence-corrected chi connectivity index (χ0v) is 13.4. The van der Waals surface area contributed by atoms with Gasteiger partial charge >= 0.3 is 0 Å². The van der Waals surface area contributed by atoms with Gasteiger partial charge < -0.3 is 5.32 Å². The first-order chi connectivity index (χ1) is 9.69. The summed E-state index contributed by atoms with van der Waals surface area (Å²) in [4.78, 5) is 0.